The highest BCUT2D eigenvalue weighted by atomic mass is 16.2. The zero-order valence-corrected chi connectivity index (χ0v) is 10.6. The van der Waals surface area contributed by atoms with Crippen molar-refractivity contribution in [2.45, 2.75) is 48.0 Å². The molecule has 3 heteroatoms. The third kappa shape index (κ3) is 13.7. The summed E-state index contributed by atoms with van der Waals surface area (Å²) in [6, 6.07) is 0. The molecule has 0 atom stereocenters. The summed E-state index contributed by atoms with van der Waals surface area (Å²) in [6.07, 6.45) is 0.972. The Morgan fingerprint density at radius 2 is 1.57 bits per heavy atom. The Balaban J connectivity index is -0.000000266. The minimum Gasteiger partial charge on any atom is -0.288 e. The predicted molar refractivity (Wildman–Crippen MR) is 61.0 cm³/mol. The van der Waals surface area contributed by atoms with Gasteiger partial charge in [-0.1, -0.05) is 41.5 Å². The van der Waals surface area contributed by atoms with E-state index in [1.54, 1.807) is 0 Å². The van der Waals surface area contributed by atoms with E-state index in [1.807, 2.05) is 41.5 Å². The second-order valence-electron chi connectivity index (χ2n) is 2.71. The fraction of sp³-hybridized carbons (Fsp3) is 0.818. The molecular weight excluding hydrogens is 178 g/mol. The highest BCUT2D eigenvalue weighted by Crippen LogP contribution is 2.00. The van der Waals surface area contributed by atoms with E-state index in [2.05, 4.69) is 0 Å². The fourth-order valence-electron chi connectivity index (χ4n) is 0.552. The Hall–Kier alpha value is -0.860. The Morgan fingerprint density at radius 1 is 1.21 bits per heavy atom. The van der Waals surface area contributed by atoms with E-state index in [4.69, 9.17) is 0 Å². The van der Waals surface area contributed by atoms with Crippen molar-refractivity contribution in [3.63, 3.8) is 0 Å². The van der Waals surface area contributed by atoms with Crippen LogP contribution in [-0.2, 0) is 9.59 Å². The van der Waals surface area contributed by atoms with Gasteiger partial charge < -0.3 is 0 Å². The van der Waals surface area contributed by atoms with Crippen molar-refractivity contribution >= 4 is 12.3 Å². The summed E-state index contributed by atoms with van der Waals surface area (Å²) in [5, 5.41) is 0. The average molecular weight is 203 g/mol. The van der Waals surface area contributed by atoms with E-state index in [0.29, 0.717) is 18.7 Å². The van der Waals surface area contributed by atoms with Crippen LogP contribution in [0.3, 0.4) is 0 Å². The van der Waals surface area contributed by atoms with Crippen molar-refractivity contribution in [3.05, 3.63) is 0 Å². The van der Waals surface area contributed by atoms with Gasteiger partial charge in [0.2, 0.25) is 12.3 Å². The van der Waals surface area contributed by atoms with Gasteiger partial charge in [0.05, 0.1) is 0 Å². The number of imide groups is 1. The standard InChI is InChI=1S/C7H13NO2.2C2H6/c1-6(2)4-7(10)8(3)5-9;2*1-2/h5-6H,4H2,1-3H3;2*1-2H3. The fourth-order valence-corrected chi connectivity index (χ4v) is 0.552. The van der Waals surface area contributed by atoms with Gasteiger partial charge >= 0.3 is 0 Å². The molecule has 0 aromatic heterocycles. The molecule has 0 heterocycles. The van der Waals surface area contributed by atoms with Crippen molar-refractivity contribution in [2.75, 3.05) is 7.05 Å². The topological polar surface area (TPSA) is 37.4 Å². The van der Waals surface area contributed by atoms with Gasteiger partial charge in [0.15, 0.2) is 0 Å². The number of rotatable bonds is 3. The third-order valence-corrected chi connectivity index (χ3v) is 1.13. The largest absolute Gasteiger partial charge is 0.288 e. The number of nitrogens with zero attached hydrogens (tertiary/aromatic N) is 1. The molecule has 0 aliphatic carbocycles. The van der Waals surface area contributed by atoms with Crippen LogP contribution in [0.2, 0.25) is 0 Å². The second-order valence-corrected chi connectivity index (χ2v) is 2.71. The molecule has 0 unspecified atom stereocenters. The van der Waals surface area contributed by atoms with E-state index in [1.165, 1.54) is 7.05 Å². The van der Waals surface area contributed by atoms with E-state index < -0.39 is 0 Å². The SMILES string of the molecule is CC.CC.CC(C)CC(=O)N(C)C=O. The first-order valence-corrected chi connectivity index (χ1v) is 5.29. The maximum absolute atomic E-state index is 10.9. The average Bonchev–Trinajstić information content (AvgIpc) is 2.21. The molecule has 86 valence electrons. The highest BCUT2D eigenvalue weighted by molar-refractivity contribution is 5.85. The number of hydrogen-bond acceptors (Lipinski definition) is 2. The second kappa shape index (κ2) is 14.7. The Kier molecular flexibility index (Phi) is 19.7. The number of hydrogen-bond donors (Lipinski definition) is 0. The normalized spacial score (nSPS) is 7.71. The highest BCUT2D eigenvalue weighted by Gasteiger charge is 2.08. The summed E-state index contributed by atoms with van der Waals surface area (Å²) < 4.78 is 0. The quantitative estimate of drug-likeness (QED) is 0.661. The van der Waals surface area contributed by atoms with Gasteiger partial charge in [0.25, 0.3) is 0 Å². The van der Waals surface area contributed by atoms with Crippen molar-refractivity contribution in [3.8, 4) is 0 Å². The molecule has 0 aliphatic rings. The minimum absolute atomic E-state index is 0.120. The lowest BCUT2D eigenvalue weighted by atomic mass is 10.1. The first kappa shape index (κ1) is 18.8. The van der Waals surface area contributed by atoms with Crippen molar-refractivity contribution in [2.24, 2.45) is 5.92 Å². The number of amides is 2. The van der Waals surface area contributed by atoms with Crippen LogP contribution in [0.4, 0.5) is 0 Å². The van der Waals surface area contributed by atoms with E-state index in [-0.39, 0.29) is 5.91 Å². The molecule has 3 nitrogen and oxygen atoms in total. The van der Waals surface area contributed by atoms with Gasteiger partial charge in [-0.2, -0.15) is 0 Å². The van der Waals surface area contributed by atoms with Gasteiger partial charge in [-0.15, -0.1) is 0 Å². The number of carbonyl (C=O) groups excluding carboxylic acids is 2. The molecule has 0 saturated heterocycles. The van der Waals surface area contributed by atoms with E-state index in [9.17, 15) is 9.59 Å². The van der Waals surface area contributed by atoms with Gasteiger partial charge in [0.1, 0.15) is 0 Å². The van der Waals surface area contributed by atoms with E-state index >= 15 is 0 Å². The molecule has 0 spiro atoms. The molecule has 0 aromatic carbocycles. The third-order valence-electron chi connectivity index (χ3n) is 1.13. The maximum atomic E-state index is 10.9. The molecule has 2 amide bonds. The first-order chi connectivity index (χ1) is 6.57. The van der Waals surface area contributed by atoms with Crippen LogP contribution >= 0.6 is 0 Å². The molecule has 0 radical (unpaired) electrons. The van der Waals surface area contributed by atoms with Crippen LogP contribution in [0.25, 0.3) is 0 Å². The molecule has 0 aromatic rings. The predicted octanol–water partition coefficient (Wildman–Crippen LogP) is 2.70. The molecule has 0 aliphatic heterocycles. The summed E-state index contributed by atoms with van der Waals surface area (Å²) in [4.78, 5) is 22.0. The minimum atomic E-state index is -0.120. The molecule has 0 N–H and O–H groups in total. The summed E-state index contributed by atoms with van der Waals surface area (Å²) in [5.41, 5.74) is 0. The summed E-state index contributed by atoms with van der Waals surface area (Å²) in [7, 11) is 1.47. The molecule has 14 heavy (non-hydrogen) atoms. The van der Waals surface area contributed by atoms with Crippen molar-refractivity contribution in [1.29, 1.82) is 0 Å². The van der Waals surface area contributed by atoms with Crippen LogP contribution in [0, 0.1) is 5.92 Å². The summed E-state index contributed by atoms with van der Waals surface area (Å²) >= 11 is 0. The van der Waals surface area contributed by atoms with Gasteiger partial charge in [-0.05, 0) is 5.92 Å². The summed E-state index contributed by atoms with van der Waals surface area (Å²) in [6.45, 7) is 11.9. The van der Waals surface area contributed by atoms with Crippen LogP contribution in [0.15, 0.2) is 0 Å². The van der Waals surface area contributed by atoms with Crippen molar-refractivity contribution < 1.29 is 9.59 Å². The molecule has 0 bridgehead atoms. The van der Waals surface area contributed by atoms with Gasteiger partial charge in [-0.25, -0.2) is 0 Å². The van der Waals surface area contributed by atoms with Gasteiger partial charge in [0, 0.05) is 13.5 Å². The Morgan fingerprint density at radius 3 is 1.79 bits per heavy atom. The van der Waals surface area contributed by atoms with E-state index in [0.717, 1.165) is 4.90 Å². The smallest absolute Gasteiger partial charge is 0.228 e. The zero-order chi connectivity index (χ0) is 12.1. The lowest BCUT2D eigenvalue weighted by Crippen LogP contribution is -2.25. The molecular formula is C11H25NO2. The molecule has 0 saturated carbocycles. The van der Waals surface area contributed by atoms with Crippen LogP contribution < -0.4 is 0 Å². The monoisotopic (exact) mass is 203 g/mol. The van der Waals surface area contributed by atoms with Crippen LogP contribution in [0.1, 0.15) is 48.0 Å². The van der Waals surface area contributed by atoms with Crippen LogP contribution in [0.5, 0.6) is 0 Å². The Bertz CT molecular complexity index is 133. The van der Waals surface area contributed by atoms with Crippen LogP contribution in [-0.4, -0.2) is 24.3 Å². The maximum Gasteiger partial charge on any atom is 0.228 e. The Labute approximate surface area is 88.5 Å². The zero-order valence-electron chi connectivity index (χ0n) is 10.6. The van der Waals surface area contributed by atoms with Crippen molar-refractivity contribution in [1.82, 2.24) is 4.90 Å². The van der Waals surface area contributed by atoms with Gasteiger partial charge in [-0.3, -0.25) is 14.5 Å². The molecule has 0 rings (SSSR count). The molecule has 0 fully saturated rings. The lowest BCUT2D eigenvalue weighted by molar-refractivity contribution is -0.137. The first-order valence-electron chi connectivity index (χ1n) is 5.29. The lowest BCUT2D eigenvalue weighted by Gasteiger charge is -2.09. The number of carbonyl (C=O) groups is 2. The summed E-state index contributed by atoms with van der Waals surface area (Å²) in [5.74, 6) is 0.194.